The molecule has 0 saturated heterocycles. The summed E-state index contributed by atoms with van der Waals surface area (Å²) in [5.74, 6) is -0.0780. The minimum Gasteiger partial charge on any atom is -0.491 e. The van der Waals surface area contributed by atoms with Gasteiger partial charge in [-0.15, -0.1) is 0 Å². The minimum atomic E-state index is -0.349. The number of hydrogen-bond donors (Lipinski definition) is 0. The van der Waals surface area contributed by atoms with Crippen LogP contribution in [0.4, 0.5) is 8.78 Å². The maximum Gasteiger partial charge on any atom is 0.165 e. The molecule has 0 aliphatic rings. The van der Waals surface area contributed by atoms with E-state index < -0.39 is 0 Å². The topological polar surface area (TPSA) is 9.23 Å². The number of benzene rings is 1. The Morgan fingerprint density at radius 2 is 1.86 bits per heavy atom. The lowest BCUT2D eigenvalue weighted by atomic mass is 10.2. The first-order chi connectivity index (χ1) is 6.84. The monoisotopic (exact) mass is 200 g/mol. The third-order valence-corrected chi connectivity index (χ3v) is 1.87. The highest BCUT2D eigenvalue weighted by molar-refractivity contribution is 5.23. The molecule has 14 heavy (non-hydrogen) atoms. The molecular weight excluding hydrogens is 186 g/mol. The highest BCUT2D eigenvalue weighted by atomic mass is 19.1. The molecule has 0 aliphatic carbocycles. The molecule has 0 unspecified atom stereocenters. The lowest BCUT2D eigenvalue weighted by molar-refractivity contribution is 0.287. The summed E-state index contributed by atoms with van der Waals surface area (Å²) in [6.45, 7) is 0.153. The first-order valence-electron chi connectivity index (χ1n) is 4.78. The van der Waals surface area contributed by atoms with E-state index in [1.54, 1.807) is 18.2 Å². The van der Waals surface area contributed by atoms with Crippen molar-refractivity contribution in [3.8, 4) is 5.75 Å². The summed E-state index contributed by atoms with van der Waals surface area (Å²) in [6.07, 6.45) is 2.10. The van der Waals surface area contributed by atoms with Gasteiger partial charge in [-0.25, -0.2) is 4.39 Å². The molecule has 78 valence electrons. The Morgan fingerprint density at radius 1 is 1.07 bits per heavy atom. The first kappa shape index (κ1) is 11.0. The summed E-state index contributed by atoms with van der Waals surface area (Å²) in [5, 5.41) is 0. The zero-order valence-electron chi connectivity index (χ0n) is 8.01. The highest BCUT2D eigenvalue weighted by Gasteiger charge is 1.99. The zero-order chi connectivity index (χ0) is 10.2. The normalized spacial score (nSPS) is 10.1. The number of unbranched alkanes of at least 4 members (excludes halogenated alkanes) is 2. The standard InChI is InChI=1S/C11H14F2O/c12-8-4-1-5-9-14-11-7-3-2-6-10(11)13/h2-3,6-7H,1,4-5,8-9H2. The Balaban J connectivity index is 2.21. The fourth-order valence-electron chi connectivity index (χ4n) is 1.12. The van der Waals surface area contributed by atoms with Gasteiger partial charge in [0.1, 0.15) is 0 Å². The van der Waals surface area contributed by atoms with Gasteiger partial charge in [0, 0.05) is 0 Å². The van der Waals surface area contributed by atoms with Gasteiger partial charge < -0.3 is 4.74 Å². The van der Waals surface area contributed by atoms with Gasteiger partial charge in [-0.2, -0.15) is 0 Å². The molecule has 0 N–H and O–H groups in total. The first-order valence-corrected chi connectivity index (χ1v) is 4.78. The molecule has 0 radical (unpaired) electrons. The third-order valence-electron chi connectivity index (χ3n) is 1.87. The fourth-order valence-corrected chi connectivity index (χ4v) is 1.12. The number of para-hydroxylation sites is 1. The summed E-state index contributed by atoms with van der Waals surface area (Å²) < 4.78 is 29.9. The van der Waals surface area contributed by atoms with Crippen molar-refractivity contribution in [2.45, 2.75) is 19.3 Å². The van der Waals surface area contributed by atoms with E-state index >= 15 is 0 Å². The molecule has 1 nitrogen and oxygen atoms in total. The molecule has 0 heterocycles. The minimum absolute atomic E-state index is 0.271. The van der Waals surface area contributed by atoms with Gasteiger partial charge in [0.15, 0.2) is 11.6 Å². The molecule has 3 heteroatoms. The van der Waals surface area contributed by atoms with E-state index in [4.69, 9.17) is 4.74 Å². The summed E-state index contributed by atoms with van der Waals surface area (Å²) in [5.41, 5.74) is 0. The zero-order valence-corrected chi connectivity index (χ0v) is 8.01. The Morgan fingerprint density at radius 3 is 2.57 bits per heavy atom. The summed E-state index contributed by atoms with van der Waals surface area (Å²) >= 11 is 0. The van der Waals surface area contributed by atoms with Crippen LogP contribution in [0.15, 0.2) is 24.3 Å². The van der Waals surface area contributed by atoms with Crippen molar-refractivity contribution in [3.05, 3.63) is 30.1 Å². The van der Waals surface area contributed by atoms with Gasteiger partial charge in [-0.1, -0.05) is 12.1 Å². The molecule has 0 atom stereocenters. The Kier molecular flexibility index (Phi) is 4.97. The van der Waals surface area contributed by atoms with Gasteiger partial charge in [0.2, 0.25) is 0 Å². The van der Waals surface area contributed by atoms with Crippen molar-refractivity contribution < 1.29 is 13.5 Å². The molecule has 1 rings (SSSR count). The van der Waals surface area contributed by atoms with E-state index in [1.165, 1.54) is 6.07 Å². The maximum atomic E-state index is 13.0. The largest absolute Gasteiger partial charge is 0.491 e. The highest BCUT2D eigenvalue weighted by Crippen LogP contribution is 2.15. The molecule has 0 saturated carbocycles. The predicted molar refractivity (Wildman–Crippen MR) is 51.7 cm³/mol. The van der Waals surface area contributed by atoms with Crippen LogP contribution in [0.5, 0.6) is 5.75 Å². The molecule has 0 fully saturated rings. The predicted octanol–water partition coefficient (Wildman–Crippen LogP) is 3.34. The van der Waals surface area contributed by atoms with Crippen LogP contribution in [0, 0.1) is 5.82 Å². The van der Waals surface area contributed by atoms with Gasteiger partial charge in [0.05, 0.1) is 13.3 Å². The van der Waals surface area contributed by atoms with Crippen LogP contribution in [-0.2, 0) is 0 Å². The quantitative estimate of drug-likeness (QED) is 0.640. The van der Waals surface area contributed by atoms with Gasteiger partial charge >= 0.3 is 0 Å². The van der Waals surface area contributed by atoms with Crippen molar-refractivity contribution in [2.24, 2.45) is 0 Å². The Labute approximate surface area is 82.7 Å². The van der Waals surface area contributed by atoms with E-state index in [9.17, 15) is 8.78 Å². The van der Waals surface area contributed by atoms with Crippen molar-refractivity contribution in [1.29, 1.82) is 0 Å². The van der Waals surface area contributed by atoms with Crippen LogP contribution in [-0.4, -0.2) is 13.3 Å². The van der Waals surface area contributed by atoms with Crippen LogP contribution >= 0.6 is 0 Å². The number of halogens is 2. The summed E-state index contributed by atoms with van der Waals surface area (Å²) in [4.78, 5) is 0. The number of ether oxygens (including phenoxy) is 1. The SMILES string of the molecule is FCCCCCOc1ccccc1F. The van der Waals surface area contributed by atoms with Crippen molar-refractivity contribution >= 4 is 0 Å². The van der Waals surface area contributed by atoms with E-state index in [0.29, 0.717) is 13.0 Å². The van der Waals surface area contributed by atoms with Crippen molar-refractivity contribution in [3.63, 3.8) is 0 Å². The molecule has 1 aromatic rings. The molecule has 1 aromatic carbocycles. The Hall–Kier alpha value is -1.12. The van der Waals surface area contributed by atoms with Gasteiger partial charge in [0.25, 0.3) is 0 Å². The molecule has 0 bridgehead atoms. The fraction of sp³-hybridized carbons (Fsp3) is 0.455. The van der Waals surface area contributed by atoms with Crippen LogP contribution < -0.4 is 4.74 Å². The third kappa shape index (κ3) is 3.73. The van der Waals surface area contributed by atoms with E-state index in [1.807, 2.05) is 0 Å². The molecule has 0 amide bonds. The maximum absolute atomic E-state index is 13.0. The van der Waals surface area contributed by atoms with Crippen LogP contribution in [0.25, 0.3) is 0 Å². The Bertz CT molecular complexity index is 263. The van der Waals surface area contributed by atoms with Gasteiger partial charge in [-0.3, -0.25) is 4.39 Å². The second-order valence-corrected chi connectivity index (χ2v) is 3.03. The number of rotatable bonds is 6. The van der Waals surface area contributed by atoms with Gasteiger partial charge in [-0.05, 0) is 31.4 Å². The molecule has 0 spiro atoms. The average Bonchev–Trinajstić information content (AvgIpc) is 2.20. The smallest absolute Gasteiger partial charge is 0.165 e. The van der Waals surface area contributed by atoms with Crippen molar-refractivity contribution in [1.82, 2.24) is 0 Å². The molecular formula is C11H14F2O. The summed E-state index contributed by atoms with van der Waals surface area (Å²) in [6, 6.07) is 6.28. The van der Waals surface area contributed by atoms with Crippen LogP contribution in [0.2, 0.25) is 0 Å². The van der Waals surface area contributed by atoms with Crippen LogP contribution in [0.3, 0.4) is 0 Å². The van der Waals surface area contributed by atoms with E-state index in [0.717, 1.165) is 12.8 Å². The number of hydrogen-bond acceptors (Lipinski definition) is 1. The van der Waals surface area contributed by atoms with Crippen molar-refractivity contribution in [2.75, 3.05) is 13.3 Å². The number of alkyl halides is 1. The molecule has 0 aromatic heterocycles. The van der Waals surface area contributed by atoms with Crippen LogP contribution in [0.1, 0.15) is 19.3 Å². The summed E-state index contributed by atoms with van der Waals surface area (Å²) in [7, 11) is 0. The second-order valence-electron chi connectivity index (χ2n) is 3.03. The van der Waals surface area contributed by atoms with E-state index in [-0.39, 0.29) is 18.2 Å². The second kappa shape index (κ2) is 6.35. The van der Waals surface area contributed by atoms with E-state index in [2.05, 4.69) is 0 Å². The average molecular weight is 200 g/mol. The molecule has 0 aliphatic heterocycles. The lowest BCUT2D eigenvalue weighted by Crippen LogP contribution is -1.99. The lowest BCUT2D eigenvalue weighted by Gasteiger charge is -2.05.